The Hall–Kier alpha value is -1.44. The molecule has 13 heavy (non-hydrogen) atoms. The Bertz CT molecular complexity index is 342. The second kappa shape index (κ2) is 3.13. The van der Waals surface area contributed by atoms with Gasteiger partial charge < -0.3 is 9.47 Å². The molecule has 2 heteroatoms. The summed E-state index contributed by atoms with van der Waals surface area (Å²) < 4.78 is 10.5. The smallest absolute Gasteiger partial charge is 0.231 e. The van der Waals surface area contributed by atoms with Crippen molar-refractivity contribution < 1.29 is 9.47 Å². The monoisotopic (exact) mass is 176 g/mol. The lowest BCUT2D eigenvalue weighted by atomic mass is 10.1. The van der Waals surface area contributed by atoms with Gasteiger partial charge in [0.05, 0.1) is 0 Å². The van der Waals surface area contributed by atoms with E-state index >= 15 is 0 Å². The molecule has 2 nitrogen and oxygen atoms in total. The molecule has 0 fully saturated rings. The van der Waals surface area contributed by atoms with Crippen LogP contribution in [-0.2, 0) is 6.42 Å². The summed E-state index contributed by atoms with van der Waals surface area (Å²) in [6.45, 7) is 6.13. The summed E-state index contributed by atoms with van der Waals surface area (Å²) in [7, 11) is 0. The van der Waals surface area contributed by atoms with Crippen LogP contribution in [0.3, 0.4) is 0 Å². The molecule has 1 aliphatic rings. The molecule has 0 radical (unpaired) electrons. The molecule has 0 unspecified atom stereocenters. The van der Waals surface area contributed by atoms with E-state index in [1.165, 1.54) is 11.1 Å². The molecule has 0 aliphatic carbocycles. The molecule has 1 aromatic carbocycles. The highest BCUT2D eigenvalue weighted by Gasteiger charge is 2.14. The van der Waals surface area contributed by atoms with Crippen LogP contribution < -0.4 is 9.47 Å². The van der Waals surface area contributed by atoms with Crippen molar-refractivity contribution in [3.8, 4) is 11.5 Å². The lowest BCUT2D eigenvalue weighted by molar-refractivity contribution is 0.174. The van der Waals surface area contributed by atoms with Gasteiger partial charge in [-0.1, -0.05) is 6.08 Å². The van der Waals surface area contributed by atoms with Gasteiger partial charge in [0.15, 0.2) is 11.5 Å². The average Bonchev–Trinajstić information content (AvgIpc) is 2.52. The molecule has 1 heterocycles. The first-order valence-electron chi connectivity index (χ1n) is 4.31. The van der Waals surface area contributed by atoms with Gasteiger partial charge in [0.1, 0.15) is 0 Å². The first kappa shape index (κ1) is 8.17. The Morgan fingerprint density at radius 3 is 2.77 bits per heavy atom. The van der Waals surface area contributed by atoms with Crippen LogP contribution in [0.4, 0.5) is 0 Å². The maximum absolute atomic E-state index is 5.28. The normalized spacial score (nSPS) is 13.0. The van der Waals surface area contributed by atoms with E-state index in [1.54, 1.807) is 0 Å². The fraction of sp³-hybridized carbons (Fsp3) is 0.273. The minimum atomic E-state index is 0.340. The van der Waals surface area contributed by atoms with Crippen molar-refractivity contribution in [3.63, 3.8) is 0 Å². The topological polar surface area (TPSA) is 18.5 Å². The molecule has 0 bridgehead atoms. The van der Waals surface area contributed by atoms with E-state index in [1.807, 2.05) is 18.2 Å². The van der Waals surface area contributed by atoms with Crippen LogP contribution in [0.2, 0.25) is 0 Å². The Morgan fingerprint density at radius 2 is 2.08 bits per heavy atom. The predicted molar refractivity (Wildman–Crippen MR) is 51.2 cm³/mol. The molecule has 68 valence electrons. The molecule has 0 spiro atoms. The van der Waals surface area contributed by atoms with Crippen molar-refractivity contribution in [2.24, 2.45) is 0 Å². The summed E-state index contributed by atoms with van der Waals surface area (Å²) in [6, 6.07) is 4.04. The van der Waals surface area contributed by atoms with Crippen LogP contribution in [-0.4, -0.2) is 6.79 Å². The standard InChI is InChI=1S/C11H12O2/c1-3-4-9-6-11-10(5-8(9)2)12-7-13-11/h3,5-6H,1,4,7H2,2H3. The maximum atomic E-state index is 5.28. The van der Waals surface area contributed by atoms with Gasteiger partial charge in [-0.05, 0) is 36.6 Å². The van der Waals surface area contributed by atoms with Gasteiger partial charge in [0.25, 0.3) is 0 Å². The van der Waals surface area contributed by atoms with Crippen molar-refractivity contribution in [3.05, 3.63) is 35.9 Å². The lowest BCUT2D eigenvalue weighted by Crippen LogP contribution is -1.92. The van der Waals surface area contributed by atoms with Gasteiger partial charge in [-0.2, -0.15) is 0 Å². The molecule has 1 aromatic rings. The number of allylic oxidation sites excluding steroid dienone is 1. The van der Waals surface area contributed by atoms with Crippen LogP contribution in [0, 0.1) is 6.92 Å². The zero-order valence-corrected chi connectivity index (χ0v) is 7.67. The number of hydrogen-bond donors (Lipinski definition) is 0. The molecule has 0 amide bonds. The Kier molecular flexibility index (Phi) is 1.97. The van der Waals surface area contributed by atoms with Crippen LogP contribution >= 0.6 is 0 Å². The van der Waals surface area contributed by atoms with E-state index in [0.717, 1.165) is 17.9 Å². The van der Waals surface area contributed by atoms with Gasteiger partial charge >= 0.3 is 0 Å². The number of ether oxygens (including phenoxy) is 2. The SMILES string of the molecule is C=CCc1cc2c(cc1C)OCO2. The summed E-state index contributed by atoms with van der Waals surface area (Å²) in [4.78, 5) is 0. The van der Waals surface area contributed by atoms with E-state index < -0.39 is 0 Å². The molecule has 0 saturated carbocycles. The highest BCUT2D eigenvalue weighted by molar-refractivity contribution is 5.48. The van der Waals surface area contributed by atoms with Crippen molar-refractivity contribution in [1.29, 1.82) is 0 Å². The first-order valence-corrected chi connectivity index (χ1v) is 4.31. The van der Waals surface area contributed by atoms with E-state index in [4.69, 9.17) is 9.47 Å². The van der Waals surface area contributed by atoms with E-state index in [-0.39, 0.29) is 0 Å². The first-order chi connectivity index (χ1) is 6.31. The van der Waals surface area contributed by atoms with Crippen molar-refractivity contribution in [2.75, 3.05) is 6.79 Å². The van der Waals surface area contributed by atoms with Gasteiger partial charge in [-0.15, -0.1) is 6.58 Å². The van der Waals surface area contributed by atoms with Crippen molar-refractivity contribution in [1.82, 2.24) is 0 Å². The number of rotatable bonds is 2. The highest BCUT2D eigenvalue weighted by Crippen LogP contribution is 2.34. The zero-order chi connectivity index (χ0) is 9.26. The summed E-state index contributed by atoms with van der Waals surface area (Å²) in [5, 5.41) is 0. The fourth-order valence-electron chi connectivity index (χ4n) is 1.46. The third-order valence-electron chi connectivity index (χ3n) is 2.20. The number of hydrogen-bond acceptors (Lipinski definition) is 2. The van der Waals surface area contributed by atoms with Gasteiger partial charge in [-0.3, -0.25) is 0 Å². The van der Waals surface area contributed by atoms with E-state index in [0.29, 0.717) is 6.79 Å². The Morgan fingerprint density at radius 1 is 1.38 bits per heavy atom. The molecule has 0 saturated heterocycles. The minimum Gasteiger partial charge on any atom is -0.454 e. The van der Waals surface area contributed by atoms with Crippen LogP contribution in [0.25, 0.3) is 0 Å². The summed E-state index contributed by atoms with van der Waals surface area (Å²) in [6.07, 6.45) is 2.77. The minimum absolute atomic E-state index is 0.340. The summed E-state index contributed by atoms with van der Waals surface area (Å²) in [5.74, 6) is 1.70. The molecule has 1 aliphatic heterocycles. The van der Waals surface area contributed by atoms with E-state index in [2.05, 4.69) is 13.5 Å². The lowest BCUT2D eigenvalue weighted by Gasteiger charge is -2.04. The Balaban J connectivity index is 2.42. The predicted octanol–water partition coefficient (Wildman–Crippen LogP) is 2.45. The van der Waals surface area contributed by atoms with Crippen molar-refractivity contribution in [2.45, 2.75) is 13.3 Å². The molecular formula is C11H12O2. The average molecular weight is 176 g/mol. The van der Waals surface area contributed by atoms with Crippen LogP contribution in [0.15, 0.2) is 24.8 Å². The summed E-state index contributed by atoms with van der Waals surface area (Å²) >= 11 is 0. The quantitative estimate of drug-likeness (QED) is 0.644. The molecular weight excluding hydrogens is 164 g/mol. The van der Waals surface area contributed by atoms with Crippen molar-refractivity contribution >= 4 is 0 Å². The summed E-state index contributed by atoms with van der Waals surface area (Å²) in [5.41, 5.74) is 2.48. The van der Waals surface area contributed by atoms with Gasteiger partial charge in [0.2, 0.25) is 6.79 Å². The number of aryl methyl sites for hydroxylation is 1. The fourth-order valence-corrected chi connectivity index (χ4v) is 1.46. The van der Waals surface area contributed by atoms with Crippen LogP contribution in [0.5, 0.6) is 11.5 Å². The van der Waals surface area contributed by atoms with Crippen LogP contribution in [0.1, 0.15) is 11.1 Å². The van der Waals surface area contributed by atoms with Gasteiger partial charge in [0, 0.05) is 0 Å². The number of fused-ring (bicyclic) bond motifs is 1. The second-order valence-electron chi connectivity index (χ2n) is 3.12. The molecule has 0 aromatic heterocycles. The highest BCUT2D eigenvalue weighted by atomic mass is 16.7. The molecule has 2 rings (SSSR count). The molecule has 0 atom stereocenters. The Labute approximate surface area is 77.8 Å². The van der Waals surface area contributed by atoms with Gasteiger partial charge in [-0.25, -0.2) is 0 Å². The maximum Gasteiger partial charge on any atom is 0.231 e. The van der Waals surface area contributed by atoms with E-state index in [9.17, 15) is 0 Å². The zero-order valence-electron chi connectivity index (χ0n) is 7.67. The third kappa shape index (κ3) is 1.39. The second-order valence-corrected chi connectivity index (χ2v) is 3.12. The molecule has 0 N–H and O–H groups in total. The number of benzene rings is 1. The largest absolute Gasteiger partial charge is 0.454 e. The third-order valence-corrected chi connectivity index (χ3v) is 2.20.